The third kappa shape index (κ3) is 6.21. The maximum Gasteiger partial charge on any atom is 0.213 e. The average Bonchev–Trinajstić information content (AvgIpc) is 2.58. The fraction of sp³-hybridized carbons (Fsp3) is 0.571. The highest BCUT2D eigenvalue weighted by Gasteiger charge is 2.29. The van der Waals surface area contributed by atoms with Gasteiger partial charge in [-0.2, -0.15) is 0 Å². The Balaban J connectivity index is 2.23. The van der Waals surface area contributed by atoms with E-state index in [1.54, 1.807) is 12.1 Å². The molecule has 1 saturated heterocycles. The standard InChI is InChI=1S/C21H31FN2O4/c1-12(2)24-14(4)18(9-15-6-7-17(26-5)11-19(15)22)21(23)28-20-10-16(25)8-13(3)27-20/h6-7,11-13,16,20,23-25H,8-10H2,1-5H3/b18-14-,23-21?/t13-,16+,20?/m1/s1. The largest absolute Gasteiger partial charge is 0.497 e. The lowest BCUT2D eigenvalue weighted by Crippen LogP contribution is -2.37. The molecule has 1 aromatic rings. The van der Waals surface area contributed by atoms with Crippen molar-refractivity contribution in [2.45, 2.75) is 71.5 Å². The van der Waals surface area contributed by atoms with Gasteiger partial charge in [0.25, 0.3) is 0 Å². The molecule has 0 amide bonds. The van der Waals surface area contributed by atoms with E-state index in [1.807, 2.05) is 27.7 Å². The summed E-state index contributed by atoms with van der Waals surface area (Å²) in [5, 5.41) is 21.7. The summed E-state index contributed by atoms with van der Waals surface area (Å²) < 4.78 is 30.9. The summed E-state index contributed by atoms with van der Waals surface area (Å²) in [5.41, 5.74) is 1.71. The van der Waals surface area contributed by atoms with E-state index in [0.717, 1.165) is 5.70 Å². The third-order valence-electron chi connectivity index (χ3n) is 4.56. The zero-order chi connectivity index (χ0) is 20.8. The third-order valence-corrected chi connectivity index (χ3v) is 4.56. The summed E-state index contributed by atoms with van der Waals surface area (Å²) in [7, 11) is 1.49. The van der Waals surface area contributed by atoms with E-state index >= 15 is 0 Å². The van der Waals surface area contributed by atoms with Gasteiger partial charge in [0.2, 0.25) is 12.2 Å². The van der Waals surface area contributed by atoms with Gasteiger partial charge in [0.05, 0.1) is 19.3 Å². The first-order valence-electron chi connectivity index (χ1n) is 9.57. The van der Waals surface area contributed by atoms with Crippen molar-refractivity contribution >= 4 is 5.90 Å². The minimum Gasteiger partial charge on any atom is -0.497 e. The molecule has 3 N–H and O–H groups in total. The number of ether oxygens (including phenoxy) is 3. The Morgan fingerprint density at radius 1 is 1.39 bits per heavy atom. The van der Waals surface area contributed by atoms with Crippen molar-refractivity contribution in [3.05, 3.63) is 40.8 Å². The highest BCUT2D eigenvalue weighted by Crippen LogP contribution is 2.24. The average molecular weight is 394 g/mol. The van der Waals surface area contributed by atoms with E-state index in [4.69, 9.17) is 19.6 Å². The summed E-state index contributed by atoms with van der Waals surface area (Å²) in [5.74, 6) is -0.0548. The Morgan fingerprint density at radius 2 is 2.11 bits per heavy atom. The topological polar surface area (TPSA) is 83.8 Å². The fourth-order valence-electron chi connectivity index (χ4n) is 3.24. The van der Waals surface area contributed by atoms with Crippen LogP contribution in [0.1, 0.15) is 46.1 Å². The number of methoxy groups -OCH3 is 1. The zero-order valence-corrected chi connectivity index (χ0v) is 17.2. The van der Waals surface area contributed by atoms with Crippen LogP contribution in [-0.2, 0) is 15.9 Å². The Bertz CT molecular complexity index is 710. The number of aliphatic hydroxyl groups excluding tert-OH is 1. The number of rotatable bonds is 7. The van der Waals surface area contributed by atoms with Gasteiger partial charge in [-0.15, -0.1) is 0 Å². The molecule has 0 spiro atoms. The van der Waals surface area contributed by atoms with E-state index < -0.39 is 18.2 Å². The van der Waals surface area contributed by atoms with Gasteiger partial charge in [0.15, 0.2) is 0 Å². The first-order valence-corrected chi connectivity index (χ1v) is 9.57. The van der Waals surface area contributed by atoms with Crippen LogP contribution in [0.15, 0.2) is 29.5 Å². The second kappa shape index (κ2) is 9.89. The molecule has 0 radical (unpaired) electrons. The van der Waals surface area contributed by atoms with E-state index in [2.05, 4.69) is 5.32 Å². The van der Waals surface area contributed by atoms with E-state index in [0.29, 0.717) is 29.7 Å². The predicted octanol–water partition coefficient (Wildman–Crippen LogP) is 3.53. The summed E-state index contributed by atoms with van der Waals surface area (Å²) in [6, 6.07) is 4.81. The number of allylic oxidation sites excluding steroid dienone is 1. The molecule has 1 aromatic carbocycles. The van der Waals surface area contributed by atoms with Gasteiger partial charge >= 0.3 is 0 Å². The van der Waals surface area contributed by atoms with Crippen LogP contribution >= 0.6 is 0 Å². The number of benzene rings is 1. The molecule has 3 atom stereocenters. The summed E-state index contributed by atoms with van der Waals surface area (Å²) in [4.78, 5) is 0. The maximum absolute atomic E-state index is 14.5. The SMILES string of the molecule is COc1ccc(C/C(C(=N)OC2C[C@@H](O)C[C@@H](C)O2)=C(\C)NC(C)C)c(F)c1. The van der Waals surface area contributed by atoms with Crippen LogP contribution in [0.5, 0.6) is 5.75 Å². The van der Waals surface area contributed by atoms with Gasteiger partial charge in [0, 0.05) is 36.2 Å². The molecule has 6 nitrogen and oxygen atoms in total. The van der Waals surface area contributed by atoms with Crippen LogP contribution in [0.25, 0.3) is 0 Å². The molecule has 2 rings (SSSR count). The van der Waals surface area contributed by atoms with Gasteiger partial charge < -0.3 is 24.6 Å². The summed E-state index contributed by atoms with van der Waals surface area (Å²) >= 11 is 0. The van der Waals surface area contributed by atoms with Crippen molar-refractivity contribution in [3.63, 3.8) is 0 Å². The molecule has 0 aliphatic carbocycles. The van der Waals surface area contributed by atoms with Crippen molar-refractivity contribution in [2.75, 3.05) is 7.11 Å². The molecule has 1 aliphatic rings. The number of hydrogen-bond acceptors (Lipinski definition) is 6. The molecule has 1 fully saturated rings. The monoisotopic (exact) mass is 394 g/mol. The zero-order valence-electron chi connectivity index (χ0n) is 17.2. The van der Waals surface area contributed by atoms with Crippen LogP contribution < -0.4 is 10.1 Å². The fourth-order valence-corrected chi connectivity index (χ4v) is 3.24. The van der Waals surface area contributed by atoms with Gasteiger partial charge in [-0.1, -0.05) is 6.07 Å². The molecule has 1 heterocycles. The molecule has 156 valence electrons. The van der Waals surface area contributed by atoms with Crippen LogP contribution in [-0.4, -0.2) is 42.7 Å². The number of nitrogens with one attached hydrogen (secondary N) is 2. The molecule has 7 heteroatoms. The lowest BCUT2D eigenvalue weighted by atomic mass is 10.0. The van der Waals surface area contributed by atoms with E-state index in [9.17, 15) is 9.50 Å². The molecule has 28 heavy (non-hydrogen) atoms. The predicted molar refractivity (Wildman–Crippen MR) is 106 cm³/mol. The minimum atomic E-state index is -0.700. The van der Waals surface area contributed by atoms with Crippen LogP contribution in [0, 0.1) is 11.2 Å². The molecule has 0 bridgehead atoms. The van der Waals surface area contributed by atoms with Crippen molar-refractivity contribution in [2.24, 2.45) is 0 Å². The quantitative estimate of drug-likeness (QED) is 0.487. The molecule has 0 saturated carbocycles. The van der Waals surface area contributed by atoms with Crippen LogP contribution in [0.2, 0.25) is 0 Å². The molecule has 1 unspecified atom stereocenters. The Hall–Kier alpha value is -2.12. The molecular weight excluding hydrogens is 363 g/mol. The number of hydrogen-bond donors (Lipinski definition) is 3. The van der Waals surface area contributed by atoms with Crippen molar-refractivity contribution in [1.29, 1.82) is 5.41 Å². The van der Waals surface area contributed by atoms with Gasteiger partial charge in [0.1, 0.15) is 11.6 Å². The van der Waals surface area contributed by atoms with Gasteiger partial charge in [-0.25, -0.2) is 4.39 Å². The second-order valence-electron chi connectivity index (χ2n) is 7.49. The highest BCUT2D eigenvalue weighted by molar-refractivity contribution is 5.92. The van der Waals surface area contributed by atoms with Crippen molar-refractivity contribution in [1.82, 2.24) is 5.32 Å². The molecule has 1 aliphatic heterocycles. The first kappa shape index (κ1) is 22.2. The second-order valence-corrected chi connectivity index (χ2v) is 7.49. The molecular formula is C21H31FN2O4. The smallest absolute Gasteiger partial charge is 0.213 e. The Labute approximate surface area is 166 Å². The summed E-state index contributed by atoms with van der Waals surface area (Å²) in [6.45, 7) is 7.68. The molecule has 0 aromatic heterocycles. The summed E-state index contributed by atoms with van der Waals surface area (Å²) in [6.07, 6.45) is -0.348. The van der Waals surface area contributed by atoms with Crippen LogP contribution in [0.4, 0.5) is 4.39 Å². The van der Waals surface area contributed by atoms with Crippen molar-refractivity contribution < 1.29 is 23.7 Å². The first-order chi connectivity index (χ1) is 13.2. The minimum absolute atomic E-state index is 0.0906. The maximum atomic E-state index is 14.5. The highest BCUT2D eigenvalue weighted by atomic mass is 19.1. The van der Waals surface area contributed by atoms with E-state index in [-0.39, 0.29) is 24.5 Å². The lowest BCUT2D eigenvalue weighted by molar-refractivity contribution is -0.175. The lowest BCUT2D eigenvalue weighted by Gasteiger charge is -2.32. The van der Waals surface area contributed by atoms with E-state index in [1.165, 1.54) is 13.2 Å². The van der Waals surface area contributed by atoms with Gasteiger partial charge in [-0.05, 0) is 45.7 Å². The van der Waals surface area contributed by atoms with Crippen molar-refractivity contribution in [3.8, 4) is 5.75 Å². The van der Waals surface area contributed by atoms with Crippen LogP contribution in [0.3, 0.4) is 0 Å². The number of aliphatic hydroxyl groups is 1. The normalized spacial score (nSPS) is 23.2. The Kier molecular flexibility index (Phi) is 7.83. The van der Waals surface area contributed by atoms with Gasteiger partial charge in [-0.3, -0.25) is 5.41 Å². The number of halogens is 1. The Morgan fingerprint density at radius 3 is 2.68 bits per heavy atom.